The van der Waals surface area contributed by atoms with Gasteiger partial charge in [-0.2, -0.15) is 20.1 Å². The van der Waals surface area contributed by atoms with Gasteiger partial charge in [-0.15, -0.1) is 0 Å². The number of ether oxygens (including phenoxy) is 3. The molecule has 2 unspecified atom stereocenters. The molecule has 0 radical (unpaired) electrons. The Balaban J connectivity index is 0.920. The van der Waals surface area contributed by atoms with Gasteiger partial charge >= 0.3 is 5.69 Å². The van der Waals surface area contributed by atoms with E-state index in [9.17, 15) is 4.79 Å². The van der Waals surface area contributed by atoms with Crippen LogP contribution >= 0.6 is 0 Å². The van der Waals surface area contributed by atoms with E-state index in [0.717, 1.165) is 62.6 Å². The molecule has 4 heterocycles. The maximum Gasteiger partial charge on any atom is 0.350 e. The van der Waals surface area contributed by atoms with Crippen LogP contribution in [0.3, 0.4) is 0 Å². The van der Waals surface area contributed by atoms with Gasteiger partial charge in [0, 0.05) is 43.0 Å². The van der Waals surface area contributed by atoms with E-state index in [4.69, 9.17) is 14.2 Å². The van der Waals surface area contributed by atoms with Crippen molar-refractivity contribution in [3.8, 4) is 11.4 Å². The Bertz CT molecular complexity index is 1840. The first-order valence-corrected chi connectivity index (χ1v) is 17.8. The molecule has 3 aliphatic rings. The summed E-state index contributed by atoms with van der Waals surface area (Å²) in [4.78, 5) is 19.3. The minimum atomic E-state index is -0.906. The van der Waals surface area contributed by atoms with Crippen molar-refractivity contribution in [2.24, 2.45) is 5.41 Å². The van der Waals surface area contributed by atoms with E-state index in [1.54, 1.807) is 32.8 Å². The third kappa shape index (κ3) is 6.74. The number of nitrogens with zero attached hydrogens (tertiary/aromatic N) is 8. The first kappa shape index (κ1) is 33.8. The molecular formula is C38H48N8O4. The first-order chi connectivity index (χ1) is 24.3. The van der Waals surface area contributed by atoms with Gasteiger partial charge in [-0.25, -0.2) is 14.0 Å². The van der Waals surface area contributed by atoms with Gasteiger partial charge in [0.25, 0.3) is 0 Å². The van der Waals surface area contributed by atoms with Gasteiger partial charge in [0.15, 0.2) is 5.79 Å². The number of anilines is 2. The molecule has 1 aliphatic carbocycles. The van der Waals surface area contributed by atoms with Crippen LogP contribution in [0, 0.1) is 5.41 Å². The second-order valence-corrected chi connectivity index (χ2v) is 13.7. The van der Waals surface area contributed by atoms with Crippen LogP contribution in [-0.4, -0.2) is 80.6 Å². The summed E-state index contributed by atoms with van der Waals surface area (Å²) in [5.41, 5.74) is 3.99. The number of allylic oxidation sites excluding steroid dienone is 3. The van der Waals surface area contributed by atoms with E-state index in [1.807, 2.05) is 31.2 Å². The van der Waals surface area contributed by atoms with Crippen molar-refractivity contribution in [1.29, 1.82) is 0 Å². The third-order valence-corrected chi connectivity index (χ3v) is 10.5. The van der Waals surface area contributed by atoms with E-state index >= 15 is 0 Å². The highest BCUT2D eigenvalue weighted by atomic mass is 16.8. The van der Waals surface area contributed by atoms with Crippen molar-refractivity contribution in [1.82, 2.24) is 29.3 Å². The van der Waals surface area contributed by atoms with Crippen molar-refractivity contribution in [3.05, 3.63) is 102 Å². The molecule has 50 heavy (non-hydrogen) atoms. The van der Waals surface area contributed by atoms with Gasteiger partial charge in [-0.1, -0.05) is 44.6 Å². The fraction of sp³-hybridized carbons (Fsp3) is 0.474. The maximum absolute atomic E-state index is 12.8. The normalized spacial score (nSPS) is 24.4. The fourth-order valence-corrected chi connectivity index (χ4v) is 6.99. The van der Waals surface area contributed by atoms with Crippen molar-refractivity contribution < 1.29 is 14.2 Å². The van der Waals surface area contributed by atoms with Crippen LogP contribution in [0.4, 0.5) is 11.4 Å². The molecule has 0 spiro atoms. The second-order valence-electron chi connectivity index (χ2n) is 13.7. The smallest absolute Gasteiger partial charge is 0.350 e. The van der Waals surface area contributed by atoms with Crippen LogP contribution < -0.4 is 20.2 Å². The molecule has 12 heteroatoms. The molecule has 0 N–H and O–H groups in total. The molecule has 7 rings (SSSR count). The Hall–Kier alpha value is -4.68. The average Bonchev–Trinajstić information content (AvgIpc) is 3.92. The zero-order chi connectivity index (χ0) is 34.7. The molecule has 0 amide bonds. The molecule has 264 valence electrons. The Labute approximate surface area is 293 Å². The highest BCUT2D eigenvalue weighted by Crippen LogP contribution is 2.47. The predicted octanol–water partition coefficient (Wildman–Crippen LogP) is 5.42. The lowest BCUT2D eigenvalue weighted by Crippen LogP contribution is -2.51. The largest absolute Gasteiger partial charge is 0.491 e. The molecular weight excluding hydrogens is 632 g/mol. The molecule has 2 saturated heterocycles. The first-order valence-electron chi connectivity index (χ1n) is 17.8. The molecule has 4 atom stereocenters. The minimum absolute atomic E-state index is 0.0720. The standard InChI is InChI=1S/C38H48N8O4/c1-5-29(3)46-36(47)44(28-41-46)33-9-7-31(8-10-33)42-21-23-43(24-22-42)32-11-13-34(14-12-32)48-25-35-26-49-38(50-35,27-45-39-19-20-40-45)37(4)17-15-30(6-2)16-18-37/h7-17,19-20,28-29,35H,5-6,18,21-27H2,1-4H3/t29?,35-,37?,38-/m1/s1. The Kier molecular flexibility index (Phi) is 9.65. The van der Waals surface area contributed by atoms with Gasteiger partial charge in [0.1, 0.15) is 31.3 Å². The van der Waals surface area contributed by atoms with E-state index < -0.39 is 5.79 Å². The highest BCUT2D eigenvalue weighted by Gasteiger charge is 2.55. The Morgan fingerprint density at radius 1 is 0.920 bits per heavy atom. The van der Waals surface area contributed by atoms with Gasteiger partial charge in [0.2, 0.25) is 0 Å². The van der Waals surface area contributed by atoms with Gasteiger partial charge in [-0.05, 0) is 74.7 Å². The zero-order valence-corrected chi connectivity index (χ0v) is 29.5. The van der Waals surface area contributed by atoms with Crippen LogP contribution in [-0.2, 0) is 16.0 Å². The highest BCUT2D eigenvalue weighted by molar-refractivity contribution is 5.54. The number of hydrogen-bond acceptors (Lipinski definition) is 9. The van der Waals surface area contributed by atoms with E-state index in [0.29, 0.717) is 19.8 Å². The molecule has 0 saturated carbocycles. The van der Waals surface area contributed by atoms with Crippen LogP contribution in [0.1, 0.15) is 53.0 Å². The summed E-state index contributed by atoms with van der Waals surface area (Å²) in [7, 11) is 0. The molecule has 4 aromatic rings. The lowest BCUT2D eigenvalue weighted by molar-refractivity contribution is -0.239. The van der Waals surface area contributed by atoms with Crippen LogP contribution in [0.5, 0.6) is 5.75 Å². The summed E-state index contributed by atoms with van der Waals surface area (Å²) in [6.07, 6.45) is 14.1. The zero-order valence-electron chi connectivity index (χ0n) is 29.5. The molecule has 2 aliphatic heterocycles. The van der Waals surface area contributed by atoms with Gasteiger partial charge in [0.05, 0.1) is 30.7 Å². The molecule has 12 nitrogen and oxygen atoms in total. The predicted molar refractivity (Wildman–Crippen MR) is 193 cm³/mol. The van der Waals surface area contributed by atoms with E-state index in [1.165, 1.54) is 11.3 Å². The lowest BCUT2D eigenvalue weighted by Gasteiger charge is -2.43. The quantitative estimate of drug-likeness (QED) is 0.194. The van der Waals surface area contributed by atoms with E-state index in [2.05, 4.69) is 88.4 Å². The fourth-order valence-electron chi connectivity index (χ4n) is 6.99. The Morgan fingerprint density at radius 2 is 1.56 bits per heavy atom. The third-order valence-electron chi connectivity index (χ3n) is 10.5. The number of hydrogen-bond donors (Lipinski definition) is 0. The number of benzene rings is 2. The van der Waals surface area contributed by atoms with Crippen LogP contribution in [0.2, 0.25) is 0 Å². The molecule has 2 aromatic heterocycles. The summed E-state index contributed by atoms with van der Waals surface area (Å²) < 4.78 is 22.6. The summed E-state index contributed by atoms with van der Waals surface area (Å²) in [5.74, 6) is -0.104. The van der Waals surface area contributed by atoms with Crippen molar-refractivity contribution >= 4 is 11.4 Å². The summed E-state index contributed by atoms with van der Waals surface area (Å²) >= 11 is 0. The second kappa shape index (κ2) is 14.3. The van der Waals surface area contributed by atoms with Crippen LogP contribution in [0.15, 0.2) is 95.8 Å². The summed E-state index contributed by atoms with van der Waals surface area (Å²) in [6, 6.07) is 16.6. The SMILES string of the molecule is CCC1=CCC(C)([C@]2(Cn3nccn3)OC[C@@H](COc3ccc(N4CCN(c5ccc(-n6cnn(C(C)CC)c6=O)cc5)CC4)cc3)O2)C=C1. The molecule has 2 aromatic carbocycles. The van der Waals surface area contributed by atoms with Crippen molar-refractivity contribution in [2.45, 2.75) is 71.4 Å². The monoisotopic (exact) mass is 680 g/mol. The number of piperazine rings is 1. The van der Waals surface area contributed by atoms with Gasteiger partial charge in [-0.3, -0.25) is 0 Å². The van der Waals surface area contributed by atoms with Crippen molar-refractivity contribution in [2.75, 3.05) is 49.2 Å². The van der Waals surface area contributed by atoms with Gasteiger partial charge < -0.3 is 24.0 Å². The topological polar surface area (TPSA) is 105 Å². The summed E-state index contributed by atoms with van der Waals surface area (Å²) in [5, 5.41) is 13.0. The summed E-state index contributed by atoms with van der Waals surface area (Å²) in [6.45, 7) is 13.3. The minimum Gasteiger partial charge on any atom is -0.491 e. The molecule has 0 bridgehead atoms. The Morgan fingerprint density at radius 3 is 2.16 bits per heavy atom. The van der Waals surface area contributed by atoms with E-state index in [-0.39, 0.29) is 23.3 Å². The lowest BCUT2D eigenvalue weighted by atomic mass is 9.74. The molecule has 2 fully saturated rings. The maximum atomic E-state index is 12.8. The average molecular weight is 681 g/mol. The van der Waals surface area contributed by atoms with Crippen LogP contribution in [0.25, 0.3) is 5.69 Å². The number of rotatable bonds is 12. The number of aromatic nitrogens is 6. The van der Waals surface area contributed by atoms with Crippen molar-refractivity contribution in [3.63, 3.8) is 0 Å².